The van der Waals surface area contributed by atoms with Crippen LogP contribution in [-0.2, 0) is 4.79 Å². The third kappa shape index (κ3) is 1.77. The zero-order valence-electron chi connectivity index (χ0n) is 10.8. The lowest BCUT2D eigenvalue weighted by molar-refractivity contribution is -0.138. The van der Waals surface area contributed by atoms with E-state index in [9.17, 15) is 9.59 Å². The van der Waals surface area contributed by atoms with Crippen LogP contribution >= 0.6 is 0 Å². The van der Waals surface area contributed by atoms with Crippen molar-refractivity contribution >= 4 is 27.9 Å². The van der Waals surface area contributed by atoms with Gasteiger partial charge in [0.25, 0.3) is 0 Å². The van der Waals surface area contributed by atoms with Crippen LogP contribution in [0.4, 0.5) is 0 Å². The molecule has 0 bridgehead atoms. The molecule has 4 nitrogen and oxygen atoms in total. The number of fused-ring (bicyclic) bond motifs is 2. The predicted molar refractivity (Wildman–Crippen MR) is 76.0 cm³/mol. The number of rotatable bonds is 2. The van der Waals surface area contributed by atoms with E-state index in [0.29, 0.717) is 27.5 Å². The van der Waals surface area contributed by atoms with Gasteiger partial charge in [-0.3, -0.25) is 9.59 Å². The Hall–Kier alpha value is -2.62. The summed E-state index contributed by atoms with van der Waals surface area (Å²) in [6, 6.07) is 12.0. The fourth-order valence-electron chi connectivity index (χ4n) is 2.37. The average molecular weight is 268 g/mol. The molecule has 4 heteroatoms. The molecule has 0 saturated carbocycles. The van der Waals surface area contributed by atoms with Gasteiger partial charge in [-0.25, -0.2) is 0 Å². The number of carbonyl (C=O) groups is 1. The molecule has 100 valence electrons. The van der Waals surface area contributed by atoms with Crippen molar-refractivity contribution < 1.29 is 14.3 Å². The van der Waals surface area contributed by atoms with Crippen LogP contribution < -0.4 is 5.43 Å². The molecule has 0 aliphatic heterocycles. The Bertz CT molecular complexity index is 876. The molecule has 20 heavy (non-hydrogen) atoms. The minimum absolute atomic E-state index is 0.189. The Balaban J connectivity index is 2.48. The molecule has 0 aliphatic rings. The van der Waals surface area contributed by atoms with Gasteiger partial charge in [-0.15, -0.1) is 0 Å². The summed E-state index contributed by atoms with van der Waals surface area (Å²) in [5, 5.41) is 9.98. The van der Waals surface area contributed by atoms with E-state index >= 15 is 0 Å². The third-order valence-electron chi connectivity index (χ3n) is 3.47. The molecular weight excluding hydrogens is 256 g/mol. The molecule has 1 N–H and O–H groups in total. The Labute approximate surface area is 114 Å². The van der Waals surface area contributed by atoms with Gasteiger partial charge in [0.15, 0.2) is 0 Å². The first kappa shape index (κ1) is 12.4. The highest BCUT2D eigenvalue weighted by atomic mass is 16.4. The number of hydrogen-bond donors (Lipinski definition) is 1. The van der Waals surface area contributed by atoms with E-state index in [1.54, 1.807) is 49.4 Å². The maximum absolute atomic E-state index is 12.6. The second kappa shape index (κ2) is 4.49. The van der Waals surface area contributed by atoms with Crippen LogP contribution in [0.1, 0.15) is 18.4 Å². The summed E-state index contributed by atoms with van der Waals surface area (Å²) >= 11 is 0. The first-order valence-corrected chi connectivity index (χ1v) is 6.27. The van der Waals surface area contributed by atoms with Gasteiger partial charge < -0.3 is 9.52 Å². The summed E-state index contributed by atoms with van der Waals surface area (Å²) in [5.41, 5.74) is 1.21. The quantitative estimate of drug-likeness (QED) is 0.725. The zero-order chi connectivity index (χ0) is 14.3. The minimum Gasteiger partial charge on any atom is -0.481 e. The molecule has 0 radical (unpaired) electrons. The first-order valence-electron chi connectivity index (χ1n) is 6.27. The average Bonchev–Trinajstić information content (AvgIpc) is 2.46. The summed E-state index contributed by atoms with van der Waals surface area (Å²) in [4.78, 5) is 23.8. The van der Waals surface area contributed by atoms with Crippen LogP contribution in [0.5, 0.6) is 0 Å². The minimum atomic E-state index is -0.968. The molecule has 1 aromatic heterocycles. The topological polar surface area (TPSA) is 67.5 Å². The fourth-order valence-corrected chi connectivity index (χ4v) is 2.37. The summed E-state index contributed by atoms with van der Waals surface area (Å²) in [6.45, 7) is 1.56. The molecule has 3 rings (SSSR count). The molecule has 0 saturated heterocycles. The van der Waals surface area contributed by atoms with Gasteiger partial charge in [-0.2, -0.15) is 0 Å². The van der Waals surface area contributed by atoms with Crippen molar-refractivity contribution in [3.8, 4) is 0 Å². The lowest BCUT2D eigenvalue weighted by atomic mass is 9.96. The highest BCUT2D eigenvalue weighted by Gasteiger charge is 2.19. The number of benzene rings is 2. The summed E-state index contributed by atoms with van der Waals surface area (Å²) in [6.07, 6.45) is 0. The van der Waals surface area contributed by atoms with E-state index in [4.69, 9.17) is 9.52 Å². The Morgan fingerprint density at radius 1 is 1.10 bits per heavy atom. The molecule has 1 unspecified atom stereocenters. The molecule has 0 amide bonds. The van der Waals surface area contributed by atoms with Gasteiger partial charge in [0.2, 0.25) is 5.43 Å². The van der Waals surface area contributed by atoms with Crippen molar-refractivity contribution in [3.05, 3.63) is 58.3 Å². The van der Waals surface area contributed by atoms with Crippen molar-refractivity contribution in [2.45, 2.75) is 12.8 Å². The van der Waals surface area contributed by atoms with Gasteiger partial charge >= 0.3 is 5.97 Å². The monoisotopic (exact) mass is 268 g/mol. The van der Waals surface area contributed by atoms with Crippen LogP contribution in [0.2, 0.25) is 0 Å². The van der Waals surface area contributed by atoms with Crippen molar-refractivity contribution in [1.82, 2.24) is 0 Å². The lowest BCUT2D eigenvalue weighted by Gasteiger charge is -2.10. The van der Waals surface area contributed by atoms with E-state index in [-0.39, 0.29) is 5.43 Å². The van der Waals surface area contributed by atoms with Crippen LogP contribution in [0.15, 0.2) is 51.7 Å². The van der Waals surface area contributed by atoms with E-state index < -0.39 is 11.9 Å². The molecule has 1 heterocycles. The maximum atomic E-state index is 12.6. The van der Waals surface area contributed by atoms with Gasteiger partial charge in [-0.05, 0) is 30.7 Å². The Kier molecular flexibility index (Phi) is 2.79. The number of para-hydroxylation sites is 1. The van der Waals surface area contributed by atoms with E-state index in [1.807, 2.05) is 0 Å². The lowest BCUT2D eigenvalue weighted by Crippen LogP contribution is -2.12. The largest absolute Gasteiger partial charge is 0.481 e. The molecule has 2 aromatic carbocycles. The number of hydrogen-bond acceptors (Lipinski definition) is 3. The van der Waals surface area contributed by atoms with Crippen molar-refractivity contribution in [1.29, 1.82) is 0 Å². The van der Waals surface area contributed by atoms with Crippen molar-refractivity contribution in [2.75, 3.05) is 0 Å². The molecule has 1 atom stereocenters. The standard InChI is InChI=1S/C16H12O4/c1-9(16(18)19)10-6-4-8-13-14(10)15(17)11-5-2-3-7-12(11)20-13/h2-9H,1H3,(H,18,19). The van der Waals surface area contributed by atoms with Crippen LogP contribution in [0, 0.1) is 0 Å². The Morgan fingerprint density at radius 2 is 1.80 bits per heavy atom. The SMILES string of the molecule is CC(C(=O)O)c1cccc2oc3ccccc3c(=O)c12. The summed E-state index contributed by atoms with van der Waals surface area (Å²) in [5.74, 6) is -1.73. The highest BCUT2D eigenvalue weighted by Crippen LogP contribution is 2.26. The second-order valence-electron chi connectivity index (χ2n) is 4.71. The Morgan fingerprint density at radius 3 is 2.55 bits per heavy atom. The van der Waals surface area contributed by atoms with Crippen molar-refractivity contribution in [3.63, 3.8) is 0 Å². The normalized spacial score (nSPS) is 12.7. The van der Waals surface area contributed by atoms with Gasteiger partial charge in [0.1, 0.15) is 11.2 Å². The van der Waals surface area contributed by atoms with Crippen LogP contribution in [-0.4, -0.2) is 11.1 Å². The summed E-state index contributed by atoms with van der Waals surface area (Å²) in [7, 11) is 0. The zero-order valence-corrected chi connectivity index (χ0v) is 10.8. The first-order chi connectivity index (χ1) is 9.59. The maximum Gasteiger partial charge on any atom is 0.310 e. The second-order valence-corrected chi connectivity index (χ2v) is 4.71. The number of carboxylic acid groups (broad SMARTS) is 1. The summed E-state index contributed by atoms with van der Waals surface area (Å²) < 4.78 is 5.70. The molecule has 0 aliphatic carbocycles. The van der Waals surface area contributed by atoms with Gasteiger partial charge in [-0.1, -0.05) is 24.3 Å². The van der Waals surface area contributed by atoms with E-state index in [2.05, 4.69) is 0 Å². The molecule has 0 spiro atoms. The number of carboxylic acids is 1. The highest BCUT2D eigenvalue weighted by molar-refractivity contribution is 5.94. The predicted octanol–water partition coefficient (Wildman–Crippen LogP) is 3.13. The molecule has 3 aromatic rings. The smallest absolute Gasteiger partial charge is 0.310 e. The van der Waals surface area contributed by atoms with E-state index in [1.165, 1.54) is 0 Å². The van der Waals surface area contributed by atoms with Gasteiger partial charge in [0.05, 0.1) is 16.7 Å². The molecular formula is C16H12O4. The molecule has 0 fully saturated rings. The van der Waals surface area contributed by atoms with E-state index in [0.717, 1.165) is 0 Å². The third-order valence-corrected chi connectivity index (χ3v) is 3.47. The van der Waals surface area contributed by atoms with Crippen molar-refractivity contribution in [2.24, 2.45) is 0 Å². The van der Waals surface area contributed by atoms with Crippen LogP contribution in [0.25, 0.3) is 21.9 Å². The van der Waals surface area contributed by atoms with Crippen LogP contribution in [0.3, 0.4) is 0 Å². The fraction of sp³-hybridized carbons (Fsp3) is 0.125. The number of aliphatic carboxylic acids is 1. The van der Waals surface area contributed by atoms with Gasteiger partial charge in [0, 0.05) is 0 Å².